The molecule has 3 nitrogen and oxygen atoms in total. The van der Waals surface area contributed by atoms with Crippen molar-refractivity contribution in [3.63, 3.8) is 0 Å². The van der Waals surface area contributed by atoms with Crippen molar-refractivity contribution in [2.75, 3.05) is 0 Å². The summed E-state index contributed by atoms with van der Waals surface area (Å²) in [4.78, 5) is 18.7. The van der Waals surface area contributed by atoms with E-state index in [0.29, 0.717) is 28.9 Å². The maximum absolute atomic E-state index is 13.0. The third kappa shape index (κ3) is 1.95. The predicted molar refractivity (Wildman–Crippen MR) is 57.6 cm³/mol. The molecule has 0 bridgehead atoms. The largest absolute Gasteiger partial charge is 0.298 e. The van der Waals surface area contributed by atoms with Crippen molar-refractivity contribution in [2.45, 2.75) is 6.92 Å². The molecule has 0 N–H and O–H groups in total. The fraction of sp³-hybridized carbons (Fsp3) is 0.0833. The zero-order valence-electron chi connectivity index (χ0n) is 8.64. The normalized spacial score (nSPS) is 10.1. The summed E-state index contributed by atoms with van der Waals surface area (Å²) in [5.41, 5.74) is 1.63. The first-order valence-electron chi connectivity index (χ1n) is 4.75. The van der Waals surface area contributed by atoms with Gasteiger partial charge >= 0.3 is 0 Å². The van der Waals surface area contributed by atoms with Gasteiger partial charge in [0, 0.05) is 11.8 Å². The van der Waals surface area contributed by atoms with E-state index in [0.717, 1.165) is 0 Å². The molecule has 0 amide bonds. The summed E-state index contributed by atoms with van der Waals surface area (Å²) in [5, 5.41) is 0. The Balaban J connectivity index is 2.49. The number of halogens is 1. The van der Waals surface area contributed by atoms with E-state index in [1.165, 1.54) is 18.3 Å². The monoisotopic (exact) mass is 216 g/mol. The minimum Gasteiger partial charge on any atom is -0.298 e. The Labute approximate surface area is 92.0 Å². The van der Waals surface area contributed by atoms with Gasteiger partial charge in [0.25, 0.3) is 0 Å². The minimum atomic E-state index is -0.335. The lowest BCUT2D eigenvalue weighted by molar-refractivity contribution is 0.112. The van der Waals surface area contributed by atoms with Gasteiger partial charge < -0.3 is 0 Å². The average Bonchev–Trinajstić information content (AvgIpc) is 2.29. The highest BCUT2D eigenvalue weighted by molar-refractivity contribution is 5.76. The van der Waals surface area contributed by atoms with Crippen LogP contribution in [0.15, 0.2) is 30.5 Å². The zero-order valence-corrected chi connectivity index (χ0v) is 8.64. The third-order valence-corrected chi connectivity index (χ3v) is 2.23. The summed E-state index contributed by atoms with van der Waals surface area (Å²) in [6.07, 6.45) is 2.14. The van der Waals surface area contributed by atoms with Gasteiger partial charge in [-0.15, -0.1) is 0 Å². The number of hydrogen-bond acceptors (Lipinski definition) is 3. The second kappa shape index (κ2) is 4.18. The first-order valence-corrected chi connectivity index (χ1v) is 4.75. The van der Waals surface area contributed by atoms with Crippen molar-refractivity contribution in [3.05, 3.63) is 47.5 Å². The number of benzene rings is 1. The molecule has 0 aliphatic heterocycles. The molecule has 0 saturated carbocycles. The quantitative estimate of drug-likeness (QED) is 0.724. The van der Waals surface area contributed by atoms with Crippen LogP contribution in [0.25, 0.3) is 11.4 Å². The Morgan fingerprint density at radius 2 is 2.19 bits per heavy atom. The Morgan fingerprint density at radius 1 is 1.38 bits per heavy atom. The molecule has 0 radical (unpaired) electrons. The van der Waals surface area contributed by atoms with E-state index < -0.39 is 0 Å². The highest BCUT2D eigenvalue weighted by Gasteiger charge is 2.05. The van der Waals surface area contributed by atoms with E-state index in [4.69, 9.17) is 0 Å². The molecule has 1 aromatic heterocycles. The lowest BCUT2D eigenvalue weighted by Gasteiger charge is -2.02. The molecule has 80 valence electrons. The first-order chi connectivity index (χ1) is 7.70. The second-order valence-electron chi connectivity index (χ2n) is 3.36. The maximum Gasteiger partial charge on any atom is 0.159 e. The van der Waals surface area contributed by atoms with Crippen LogP contribution in [0.2, 0.25) is 0 Å². The number of aryl methyl sites for hydroxylation is 1. The lowest BCUT2D eigenvalue weighted by atomic mass is 10.2. The number of hydrogen-bond donors (Lipinski definition) is 0. The van der Waals surface area contributed by atoms with Crippen molar-refractivity contribution in [1.82, 2.24) is 9.97 Å². The van der Waals surface area contributed by atoms with E-state index in [-0.39, 0.29) is 5.82 Å². The fourth-order valence-electron chi connectivity index (χ4n) is 1.36. The van der Waals surface area contributed by atoms with E-state index in [1.807, 2.05) is 0 Å². The van der Waals surface area contributed by atoms with Crippen LogP contribution in [0.4, 0.5) is 4.39 Å². The number of aldehydes is 1. The summed E-state index contributed by atoms with van der Waals surface area (Å²) in [5.74, 6) is 0.0841. The van der Waals surface area contributed by atoms with Gasteiger partial charge in [-0.1, -0.05) is 12.1 Å². The topological polar surface area (TPSA) is 42.9 Å². The summed E-state index contributed by atoms with van der Waals surface area (Å²) in [6.45, 7) is 1.72. The van der Waals surface area contributed by atoms with Crippen LogP contribution >= 0.6 is 0 Å². The molecule has 1 heterocycles. The van der Waals surface area contributed by atoms with Gasteiger partial charge in [0.1, 0.15) is 5.82 Å². The molecule has 16 heavy (non-hydrogen) atoms. The summed E-state index contributed by atoms with van der Waals surface area (Å²) >= 11 is 0. The molecule has 0 atom stereocenters. The highest BCUT2D eigenvalue weighted by atomic mass is 19.1. The van der Waals surface area contributed by atoms with Crippen LogP contribution in [0.3, 0.4) is 0 Å². The van der Waals surface area contributed by atoms with Crippen molar-refractivity contribution in [2.24, 2.45) is 0 Å². The number of carbonyl (C=O) groups is 1. The van der Waals surface area contributed by atoms with Crippen molar-refractivity contribution in [1.29, 1.82) is 0 Å². The van der Waals surface area contributed by atoms with Crippen molar-refractivity contribution >= 4 is 6.29 Å². The Hall–Kier alpha value is -2.10. The lowest BCUT2D eigenvalue weighted by Crippen LogP contribution is -1.96. The predicted octanol–water partition coefficient (Wildman–Crippen LogP) is 2.40. The van der Waals surface area contributed by atoms with Crippen molar-refractivity contribution < 1.29 is 9.18 Å². The molecule has 0 fully saturated rings. The third-order valence-electron chi connectivity index (χ3n) is 2.23. The van der Waals surface area contributed by atoms with Crippen LogP contribution < -0.4 is 0 Å². The second-order valence-corrected chi connectivity index (χ2v) is 3.36. The number of aromatic nitrogens is 2. The van der Waals surface area contributed by atoms with Gasteiger partial charge in [0.2, 0.25) is 0 Å². The van der Waals surface area contributed by atoms with Crippen LogP contribution in [-0.2, 0) is 0 Å². The Kier molecular flexibility index (Phi) is 2.72. The number of nitrogens with zero attached hydrogens (tertiary/aromatic N) is 2. The standard InChI is InChI=1S/C12H9FN2O/c1-8-10(7-16)6-14-12(15-8)9-3-2-4-11(13)5-9/h2-7H,1H3. The molecule has 2 rings (SSSR count). The average molecular weight is 216 g/mol. The zero-order chi connectivity index (χ0) is 11.5. The highest BCUT2D eigenvalue weighted by Crippen LogP contribution is 2.16. The van der Waals surface area contributed by atoms with Gasteiger partial charge in [-0.3, -0.25) is 4.79 Å². The van der Waals surface area contributed by atoms with E-state index in [1.54, 1.807) is 19.1 Å². The first kappa shape index (κ1) is 10.4. The van der Waals surface area contributed by atoms with E-state index in [2.05, 4.69) is 9.97 Å². The van der Waals surface area contributed by atoms with Gasteiger partial charge in [-0.25, -0.2) is 14.4 Å². The smallest absolute Gasteiger partial charge is 0.159 e. The Morgan fingerprint density at radius 3 is 2.81 bits per heavy atom. The Bertz CT molecular complexity index is 540. The van der Waals surface area contributed by atoms with Gasteiger partial charge in [-0.05, 0) is 19.1 Å². The molecule has 0 unspecified atom stereocenters. The molecule has 2 aromatic rings. The minimum absolute atomic E-state index is 0.335. The SMILES string of the molecule is Cc1nc(-c2cccc(F)c2)ncc1C=O. The molecule has 0 aliphatic rings. The molecule has 4 heteroatoms. The summed E-state index contributed by atoms with van der Waals surface area (Å²) in [6, 6.07) is 6.03. The molecule has 1 aromatic carbocycles. The van der Waals surface area contributed by atoms with Crippen LogP contribution in [0, 0.1) is 12.7 Å². The van der Waals surface area contributed by atoms with Gasteiger partial charge in [0.05, 0.1) is 11.3 Å². The molecule has 0 spiro atoms. The van der Waals surface area contributed by atoms with Crippen LogP contribution in [-0.4, -0.2) is 16.3 Å². The van der Waals surface area contributed by atoms with Crippen LogP contribution in [0.5, 0.6) is 0 Å². The molecule has 0 aliphatic carbocycles. The van der Waals surface area contributed by atoms with Gasteiger partial charge in [0.15, 0.2) is 12.1 Å². The molecular weight excluding hydrogens is 207 g/mol. The number of rotatable bonds is 2. The fourth-order valence-corrected chi connectivity index (χ4v) is 1.36. The molecular formula is C12H9FN2O. The maximum atomic E-state index is 13.0. The van der Waals surface area contributed by atoms with Gasteiger partial charge in [-0.2, -0.15) is 0 Å². The summed E-state index contributed by atoms with van der Waals surface area (Å²) < 4.78 is 13.0. The molecule has 0 saturated heterocycles. The van der Waals surface area contributed by atoms with Crippen LogP contribution in [0.1, 0.15) is 16.1 Å². The van der Waals surface area contributed by atoms with E-state index in [9.17, 15) is 9.18 Å². The van der Waals surface area contributed by atoms with Crippen molar-refractivity contribution in [3.8, 4) is 11.4 Å². The van der Waals surface area contributed by atoms with E-state index >= 15 is 0 Å². The number of carbonyl (C=O) groups excluding carboxylic acids is 1. The summed E-state index contributed by atoms with van der Waals surface area (Å²) in [7, 11) is 0.